The molecule has 0 N–H and O–H groups in total. The van der Waals surface area contributed by atoms with Crippen molar-refractivity contribution in [3.63, 3.8) is 0 Å². The van der Waals surface area contributed by atoms with E-state index in [-0.39, 0.29) is 16.7 Å². The van der Waals surface area contributed by atoms with E-state index in [9.17, 15) is 26.7 Å². The highest BCUT2D eigenvalue weighted by Crippen LogP contribution is 2.30. The third-order valence-corrected chi connectivity index (χ3v) is 2.55. The van der Waals surface area contributed by atoms with E-state index in [2.05, 4.69) is 4.74 Å². The maximum absolute atomic E-state index is 13.2. The molecule has 2 nitrogen and oxygen atoms in total. The van der Waals surface area contributed by atoms with Crippen molar-refractivity contribution in [3.8, 4) is 16.9 Å². The standard InChI is InChI=1S/C14H7F5O2/c15-12-2-1-9(6-13(12)16)10-3-8(7-20)4-11(5-10)21-14(17,18)19/h1-7H. The quantitative estimate of drug-likeness (QED) is 0.622. The van der Waals surface area contributed by atoms with Crippen molar-refractivity contribution in [2.75, 3.05) is 0 Å². The molecule has 7 heteroatoms. The molecule has 0 unspecified atom stereocenters. The zero-order valence-corrected chi connectivity index (χ0v) is 10.2. The van der Waals surface area contributed by atoms with Gasteiger partial charge in [-0.2, -0.15) is 0 Å². The van der Waals surface area contributed by atoms with Gasteiger partial charge in [0.05, 0.1) is 0 Å². The Hall–Kier alpha value is -2.44. The molecule has 0 fully saturated rings. The molecule has 0 aliphatic heterocycles. The van der Waals surface area contributed by atoms with Gasteiger partial charge < -0.3 is 4.74 Å². The molecule has 2 aromatic rings. The molecule has 2 aromatic carbocycles. The van der Waals surface area contributed by atoms with Crippen LogP contribution in [0.3, 0.4) is 0 Å². The lowest BCUT2D eigenvalue weighted by molar-refractivity contribution is -0.274. The monoisotopic (exact) mass is 302 g/mol. The summed E-state index contributed by atoms with van der Waals surface area (Å²) in [7, 11) is 0. The van der Waals surface area contributed by atoms with Gasteiger partial charge in [-0.25, -0.2) is 8.78 Å². The minimum Gasteiger partial charge on any atom is -0.406 e. The second kappa shape index (κ2) is 5.51. The summed E-state index contributed by atoms with van der Waals surface area (Å²) < 4.78 is 66.4. The molecule has 0 saturated carbocycles. The van der Waals surface area contributed by atoms with E-state index in [4.69, 9.17) is 0 Å². The summed E-state index contributed by atoms with van der Waals surface area (Å²) in [5, 5.41) is 0. The van der Waals surface area contributed by atoms with Crippen LogP contribution in [0.15, 0.2) is 36.4 Å². The van der Waals surface area contributed by atoms with Crippen molar-refractivity contribution in [2.45, 2.75) is 6.36 Å². The number of aldehydes is 1. The van der Waals surface area contributed by atoms with Crippen molar-refractivity contribution in [1.82, 2.24) is 0 Å². The topological polar surface area (TPSA) is 26.3 Å². The van der Waals surface area contributed by atoms with E-state index in [1.54, 1.807) is 0 Å². The second-order valence-corrected chi connectivity index (χ2v) is 4.09. The molecule has 0 aromatic heterocycles. The zero-order chi connectivity index (χ0) is 15.6. The van der Waals surface area contributed by atoms with E-state index in [0.717, 1.165) is 24.3 Å². The first-order valence-electron chi connectivity index (χ1n) is 5.60. The minimum atomic E-state index is -4.92. The van der Waals surface area contributed by atoms with Gasteiger partial charge in [-0.15, -0.1) is 13.2 Å². The van der Waals surface area contributed by atoms with Gasteiger partial charge in [0.15, 0.2) is 11.6 Å². The number of ether oxygens (including phenoxy) is 1. The van der Waals surface area contributed by atoms with Crippen LogP contribution in [0, 0.1) is 11.6 Å². The molecule has 0 radical (unpaired) electrons. The van der Waals surface area contributed by atoms with Crippen LogP contribution >= 0.6 is 0 Å². The highest BCUT2D eigenvalue weighted by Gasteiger charge is 2.31. The molecule has 110 valence electrons. The van der Waals surface area contributed by atoms with Crippen molar-refractivity contribution < 1.29 is 31.5 Å². The number of hydrogen-bond acceptors (Lipinski definition) is 2. The van der Waals surface area contributed by atoms with Gasteiger partial charge in [0, 0.05) is 5.56 Å². The number of benzene rings is 2. The highest BCUT2D eigenvalue weighted by molar-refractivity contribution is 5.80. The van der Waals surface area contributed by atoms with Crippen LogP contribution in [0.1, 0.15) is 10.4 Å². The van der Waals surface area contributed by atoms with Crippen molar-refractivity contribution >= 4 is 6.29 Å². The first-order chi connectivity index (χ1) is 9.78. The third kappa shape index (κ3) is 3.77. The van der Waals surface area contributed by atoms with Crippen LogP contribution in [0.4, 0.5) is 22.0 Å². The van der Waals surface area contributed by atoms with E-state index in [1.165, 1.54) is 12.1 Å². The average molecular weight is 302 g/mol. The summed E-state index contributed by atoms with van der Waals surface area (Å²) in [5.74, 6) is -2.86. The summed E-state index contributed by atoms with van der Waals surface area (Å²) in [6, 6.07) is 5.94. The molecule has 0 bridgehead atoms. The lowest BCUT2D eigenvalue weighted by Crippen LogP contribution is -2.17. The van der Waals surface area contributed by atoms with Gasteiger partial charge in [-0.3, -0.25) is 4.79 Å². The smallest absolute Gasteiger partial charge is 0.406 e. The van der Waals surface area contributed by atoms with E-state index < -0.39 is 23.7 Å². The number of halogens is 5. The van der Waals surface area contributed by atoms with Crippen LogP contribution in [-0.4, -0.2) is 12.6 Å². The van der Waals surface area contributed by atoms with E-state index in [1.807, 2.05) is 0 Å². The maximum atomic E-state index is 13.2. The zero-order valence-electron chi connectivity index (χ0n) is 10.2. The lowest BCUT2D eigenvalue weighted by atomic mass is 10.0. The van der Waals surface area contributed by atoms with E-state index >= 15 is 0 Å². The lowest BCUT2D eigenvalue weighted by Gasteiger charge is -2.11. The Balaban J connectivity index is 2.49. The van der Waals surface area contributed by atoms with Crippen LogP contribution < -0.4 is 4.74 Å². The van der Waals surface area contributed by atoms with Crippen molar-refractivity contribution in [1.29, 1.82) is 0 Å². The van der Waals surface area contributed by atoms with Crippen LogP contribution in [0.2, 0.25) is 0 Å². The summed E-state index contributed by atoms with van der Waals surface area (Å²) in [4.78, 5) is 10.8. The molecule has 0 heterocycles. The van der Waals surface area contributed by atoms with Crippen molar-refractivity contribution in [2.24, 2.45) is 0 Å². The third-order valence-electron chi connectivity index (χ3n) is 2.55. The predicted molar refractivity (Wildman–Crippen MR) is 63.9 cm³/mol. The molecule has 0 saturated heterocycles. The minimum absolute atomic E-state index is 0.0866. The van der Waals surface area contributed by atoms with Crippen LogP contribution in [0.5, 0.6) is 5.75 Å². The molecular weight excluding hydrogens is 295 g/mol. The number of alkyl halides is 3. The van der Waals surface area contributed by atoms with Gasteiger partial charge >= 0.3 is 6.36 Å². The molecule has 21 heavy (non-hydrogen) atoms. The summed E-state index contributed by atoms with van der Waals surface area (Å²) in [6.07, 6.45) is -4.60. The Morgan fingerprint density at radius 1 is 0.905 bits per heavy atom. The van der Waals surface area contributed by atoms with Gasteiger partial charge in [-0.05, 0) is 41.5 Å². The molecular formula is C14H7F5O2. The van der Waals surface area contributed by atoms with E-state index in [0.29, 0.717) is 6.29 Å². The summed E-state index contributed by atoms with van der Waals surface area (Å²) >= 11 is 0. The number of hydrogen-bond donors (Lipinski definition) is 0. The van der Waals surface area contributed by atoms with Crippen LogP contribution in [0.25, 0.3) is 11.1 Å². The molecule has 0 aliphatic rings. The van der Waals surface area contributed by atoms with Gasteiger partial charge in [0.25, 0.3) is 0 Å². The molecule has 2 rings (SSSR count). The maximum Gasteiger partial charge on any atom is 0.573 e. The Labute approximate surface area is 115 Å². The highest BCUT2D eigenvalue weighted by atomic mass is 19.4. The number of carbonyl (C=O) groups is 1. The van der Waals surface area contributed by atoms with Gasteiger partial charge in [0.2, 0.25) is 0 Å². The Bertz CT molecular complexity index is 680. The first-order valence-corrected chi connectivity index (χ1v) is 5.60. The second-order valence-electron chi connectivity index (χ2n) is 4.09. The number of rotatable bonds is 3. The average Bonchev–Trinajstić information content (AvgIpc) is 2.39. The largest absolute Gasteiger partial charge is 0.573 e. The molecule has 0 aliphatic carbocycles. The van der Waals surface area contributed by atoms with Gasteiger partial charge in [-0.1, -0.05) is 6.07 Å². The molecule has 0 amide bonds. The fraction of sp³-hybridized carbons (Fsp3) is 0.0714. The van der Waals surface area contributed by atoms with Gasteiger partial charge in [0.1, 0.15) is 12.0 Å². The SMILES string of the molecule is O=Cc1cc(OC(F)(F)F)cc(-c2ccc(F)c(F)c2)c1. The fourth-order valence-corrected chi connectivity index (χ4v) is 1.73. The Kier molecular flexibility index (Phi) is 3.93. The predicted octanol–water partition coefficient (Wildman–Crippen LogP) is 4.34. The molecule has 0 spiro atoms. The van der Waals surface area contributed by atoms with Crippen LogP contribution in [-0.2, 0) is 0 Å². The fourth-order valence-electron chi connectivity index (χ4n) is 1.73. The number of carbonyl (C=O) groups excluding carboxylic acids is 1. The summed E-state index contributed by atoms with van der Waals surface area (Å²) in [6.45, 7) is 0. The molecule has 0 atom stereocenters. The normalized spacial score (nSPS) is 11.3. The van der Waals surface area contributed by atoms with Crippen molar-refractivity contribution in [3.05, 3.63) is 53.6 Å². The Morgan fingerprint density at radius 2 is 1.62 bits per heavy atom. The first kappa shape index (κ1) is 15.0. The Morgan fingerprint density at radius 3 is 2.19 bits per heavy atom. The summed E-state index contributed by atoms with van der Waals surface area (Å²) in [5.41, 5.74) is 0.124.